The van der Waals surface area contributed by atoms with E-state index in [4.69, 9.17) is 4.74 Å². The predicted octanol–water partition coefficient (Wildman–Crippen LogP) is 1.74. The molecular formula is C14H22N2O4S. The molecule has 6 nitrogen and oxygen atoms in total. The van der Waals surface area contributed by atoms with E-state index in [0.29, 0.717) is 18.7 Å². The van der Waals surface area contributed by atoms with E-state index in [1.807, 2.05) is 6.92 Å². The van der Waals surface area contributed by atoms with Gasteiger partial charge in [-0.1, -0.05) is 6.92 Å². The number of amides is 1. The number of anilines is 1. The van der Waals surface area contributed by atoms with Crippen LogP contribution in [0.4, 0.5) is 5.69 Å². The van der Waals surface area contributed by atoms with Crippen LogP contribution in [0.2, 0.25) is 0 Å². The smallest absolute Gasteiger partial charge is 0.240 e. The van der Waals surface area contributed by atoms with E-state index in [1.165, 1.54) is 19.2 Å². The fourth-order valence-corrected chi connectivity index (χ4v) is 3.01. The lowest BCUT2D eigenvalue weighted by Gasteiger charge is -2.13. The average molecular weight is 314 g/mol. The third-order valence-electron chi connectivity index (χ3n) is 2.70. The first-order valence-corrected chi connectivity index (χ1v) is 8.28. The number of methoxy groups -OCH3 is 1. The number of rotatable bonds is 8. The summed E-state index contributed by atoms with van der Waals surface area (Å²) in [6, 6.07) is 5.75. The van der Waals surface area contributed by atoms with Gasteiger partial charge in [-0.05, 0) is 37.6 Å². The normalized spacial score (nSPS) is 12.9. The largest absolute Gasteiger partial charge is 0.383 e. The zero-order chi connectivity index (χ0) is 15.9. The highest BCUT2D eigenvalue weighted by atomic mass is 32.2. The van der Waals surface area contributed by atoms with Crippen molar-refractivity contribution >= 4 is 21.6 Å². The minimum Gasteiger partial charge on any atom is -0.383 e. The van der Waals surface area contributed by atoms with Crippen molar-refractivity contribution in [2.75, 3.05) is 19.0 Å². The Balaban J connectivity index is 2.74. The standard InChI is InChI=1S/C14H22N2O4S/c1-4-5-14(17)15-12-6-8-13(9-7-12)21(18,19)16-11(2)10-20-3/h6-9,11,16H,4-5,10H2,1-3H3,(H,15,17). The molecule has 0 heterocycles. The van der Waals surface area contributed by atoms with Gasteiger partial charge in [0.05, 0.1) is 11.5 Å². The molecular weight excluding hydrogens is 292 g/mol. The van der Waals surface area contributed by atoms with Crippen molar-refractivity contribution in [1.82, 2.24) is 4.72 Å². The van der Waals surface area contributed by atoms with E-state index in [9.17, 15) is 13.2 Å². The van der Waals surface area contributed by atoms with Gasteiger partial charge in [-0.25, -0.2) is 13.1 Å². The quantitative estimate of drug-likeness (QED) is 0.765. The van der Waals surface area contributed by atoms with E-state index in [1.54, 1.807) is 19.1 Å². The lowest BCUT2D eigenvalue weighted by Crippen LogP contribution is -2.35. The van der Waals surface area contributed by atoms with E-state index >= 15 is 0 Å². The minimum atomic E-state index is -3.58. The van der Waals surface area contributed by atoms with Gasteiger partial charge in [0.25, 0.3) is 0 Å². The summed E-state index contributed by atoms with van der Waals surface area (Å²) in [5.41, 5.74) is 0.581. The van der Waals surface area contributed by atoms with Gasteiger partial charge in [0.2, 0.25) is 15.9 Å². The molecule has 1 amide bonds. The Labute approximate surface area is 125 Å². The van der Waals surface area contributed by atoms with Gasteiger partial charge >= 0.3 is 0 Å². The lowest BCUT2D eigenvalue weighted by molar-refractivity contribution is -0.116. The molecule has 0 saturated carbocycles. The summed E-state index contributed by atoms with van der Waals surface area (Å²) in [5, 5.41) is 2.71. The summed E-state index contributed by atoms with van der Waals surface area (Å²) in [7, 11) is -2.07. The molecule has 0 aliphatic carbocycles. The summed E-state index contributed by atoms with van der Waals surface area (Å²) < 4.78 is 31.6. The number of nitrogens with one attached hydrogen (secondary N) is 2. The SMILES string of the molecule is CCCC(=O)Nc1ccc(S(=O)(=O)NC(C)COC)cc1. The van der Waals surface area contributed by atoms with Crippen LogP contribution in [-0.4, -0.2) is 34.1 Å². The highest BCUT2D eigenvalue weighted by Crippen LogP contribution is 2.14. The Hall–Kier alpha value is -1.44. The minimum absolute atomic E-state index is 0.0834. The van der Waals surface area contributed by atoms with Crippen molar-refractivity contribution in [1.29, 1.82) is 0 Å². The van der Waals surface area contributed by atoms with Crippen molar-refractivity contribution in [2.24, 2.45) is 0 Å². The topological polar surface area (TPSA) is 84.5 Å². The Bertz CT molecular complexity index is 555. The van der Waals surface area contributed by atoms with Crippen LogP contribution in [-0.2, 0) is 19.6 Å². The van der Waals surface area contributed by atoms with E-state index in [0.717, 1.165) is 6.42 Å². The first-order chi connectivity index (χ1) is 9.89. The molecule has 1 unspecified atom stereocenters. The molecule has 21 heavy (non-hydrogen) atoms. The molecule has 1 aromatic rings. The summed E-state index contributed by atoms with van der Waals surface area (Å²) in [6.07, 6.45) is 1.20. The Morgan fingerprint density at radius 1 is 1.29 bits per heavy atom. The van der Waals surface area contributed by atoms with Crippen molar-refractivity contribution < 1.29 is 17.9 Å². The van der Waals surface area contributed by atoms with Crippen LogP contribution in [0.25, 0.3) is 0 Å². The van der Waals surface area contributed by atoms with Crippen molar-refractivity contribution in [3.8, 4) is 0 Å². The molecule has 1 atom stereocenters. The number of benzene rings is 1. The highest BCUT2D eigenvalue weighted by Gasteiger charge is 2.17. The van der Waals surface area contributed by atoms with Crippen LogP contribution in [0, 0.1) is 0 Å². The van der Waals surface area contributed by atoms with Gasteiger partial charge in [-0.15, -0.1) is 0 Å². The predicted molar refractivity (Wildman–Crippen MR) is 81.6 cm³/mol. The molecule has 0 aliphatic rings. The molecule has 2 N–H and O–H groups in total. The molecule has 0 aromatic heterocycles. The molecule has 118 valence electrons. The van der Waals surface area contributed by atoms with E-state index in [2.05, 4.69) is 10.0 Å². The van der Waals surface area contributed by atoms with Gasteiger partial charge in [0, 0.05) is 25.3 Å². The summed E-state index contributed by atoms with van der Waals surface area (Å²) in [4.78, 5) is 11.6. The van der Waals surface area contributed by atoms with Crippen molar-refractivity contribution in [3.05, 3.63) is 24.3 Å². The van der Waals surface area contributed by atoms with Crippen molar-refractivity contribution in [3.63, 3.8) is 0 Å². The van der Waals surface area contributed by atoms with Crippen LogP contribution in [0.5, 0.6) is 0 Å². The average Bonchev–Trinajstić information content (AvgIpc) is 2.39. The second kappa shape index (κ2) is 8.11. The second-order valence-corrected chi connectivity index (χ2v) is 6.51. The molecule has 7 heteroatoms. The van der Waals surface area contributed by atoms with Crippen molar-refractivity contribution in [2.45, 2.75) is 37.6 Å². The molecule has 1 aromatic carbocycles. The molecule has 1 rings (SSSR count). The van der Waals surface area contributed by atoms with Gasteiger partial charge < -0.3 is 10.1 Å². The number of hydrogen-bond acceptors (Lipinski definition) is 4. The summed E-state index contributed by atoms with van der Waals surface area (Å²) in [6.45, 7) is 3.94. The van der Waals surface area contributed by atoms with E-state index in [-0.39, 0.29) is 16.8 Å². The van der Waals surface area contributed by atoms with Gasteiger partial charge in [0.1, 0.15) is 0 Å². The zero-order valence-corrected chi connectivity index (χ0v) is 13.4. The first kappa shape index (κ1) is 17.6. The number of carbonyl (C=O) groups excluding carboxylic acids is 1. The van der Waals surface area contributed by atoms with Gasteiger partial charge in [-0.3, -0.25) is 4.79 Å². The molecule has 0 aliphatic heterocycles. The highest BCUT2D eigenvalue weighted by molar-refractivity contribution is 7.89. The molecule has 0 fully saturated rings. The Morgan fingerprint density at radius 3 is 2.43 bits per heavy atom. The Kier molecular flexibility index (Phi) is 6.80. The summed E-state index contributed by atoms with van der Waals surface area (Å²) >= 11 is 0. The molecule has 0 radical (unpaired) electrons. The maximum atomic E-state index is 12.1. The monoisotopic (exact) mass is 314 g/mol. The first-order valence-electron chi connectivity index (χ1n) is 6.80. The van der Waals surface area contributed by atoms with E-state index < -0.39 is 10.0 Å². The maximum Gasteiger partial charge on any atom is 0.240 e. The second-order valence-electron chi connectivity index (χ2n) is 4.80. The van der Waals surface area contributed by atoms with Crippen LogP contribution >= 0.6 is 0 Å². The third kappa shape index (κ3) is 5.82. The fourth-order valence-electron chi connectivity index (χ4n) is 1.78. The number of sulfonamides is 1. The van der Waals surface area contributed by atoms with Crippen LogP contribution in [0.1, 0.15) is 26.7 Å². The maximum absolute atomic E-state index is 12.1. The number of carbonyl (C=O) groups is 1. The van der Waals surface area contributed by atoms with Gasteiger partial charge in [0.15, 0.2) is 0 Å². The fraction of sp³-hybridized carbons (Fsp3) is 0.500. The third-order valence-corrected chi connectivity index (χ3v) is 4.30. The molecule has 0 bridgehead atoms. The molecule has 0 saturated heterocycles. The van der Waals surface area contributed by atoms with Crippen LogP contribution in [0.3, 0.4) is 0 Å². The van der Waals surface area contributed by atoms with Crippen LogP contribution < -0.4 is 10.0 Å². The Morgan fingerprint density at radius 2 is 1.90 bits per heavy atom. The summed E-state index contributed by atoms with van der Waals surface area (Å²) in [5.74, 6) is -0.0834. The van der Waals surface area contributed by atoms with Gasteiger partial charge in [-0.2, -0.15) is 0 Å². The lowest BCUT2D eigenvalue weighted by atomic mass is 10.3. The number of ether oxygens (including phenoxy) is 1. The number of hydrogen-bond donors (Lipinski definition) is 2. The zero-order valence-electron chi connectivity index (χ0n) is 12.5. The molecule has 0 spiro atoms. The van der Waals surface area contributed by atoms with Crippen LogP contribution in [0.15, 0.2) is 29.2 Å².